The number of rotatable bonds is 7. The summed E-state index contributed by atoms with van der Waals surface area (Å²) in [7, 11) is 0. The maximum atomic E-state index is 12.0. The molecule has 0 radical (unpaired) electrons. The van der Waals surface area contributed by atoms with Gasteiger partial charge in [-0.2, -0.15) is 0 Å². The SMILES string of the molecule is CC(CNC(=O)CNC(C)c1ccccc1Cl)c1ccccc1. The van der Waals surface area contributed by atoms with Gasteiger partial charge in [0.15, 0.2) is 0 Å². The molecular weight excluding hydrogens is 308 g/mol. The number of hydrogen-bond donors (Lipinski definition) is 2. The van der Waals surface area contributed by atoms with E-state index >= 15 is 0 Å². The molecule has 0 heterocycles. The summed E-state index contributed by atoms with van der Waals surface area (Å²) in [5.41, 5.74) is 2.23. The highest BCUT2D eigenvalue weighted by molar-refractivity contribution is 6.31. The lowest BCUT2D eigenvalue weighted by Crippen LogP contribution is -2.36. The van der Waals surface area contributed by atoms with Crippen LogP contribution >= 0.6 is 11.6 Å². The van der Waals surface area contributed by atoms with E-state index in [1.54, 1.807) is 0 Å². The average Bonchev–Trinajstić information content (AvgIpc) is 2.58. The number of amides is 1. The molecule has 0 saturated heterocycles. The number of halogens is 1. The maximum Gasteiger partial charge on any atom is 0.233 e. The van der Waals surface area contributed by atoms with E-state index in [1.807, 2.05) is 49.4 Å². The van der Waals surface area contributed by atoms with Gasteiger partial charge in [-0.15, -0.1) is 0 Å². The van der Waals surface area contributed by atoms with Crippen molar-refractivity contribution in [3.05, 3.63) is 70.7 Å². The molecule has 0 spiro atoms. The van der Waals surface area contributed by atoms with Crippen molar-refractivity contribution in [2.24, 2.45) is 0 Å². The van der Waals surface area contributed by atoms with Crippen molar-refractivity contribution in [2.75, 3.05) is 13.1 Å². The monoisotopic (exact) mass is 330 g/mol. The predicted octanol–water partition coefficient (Wildman–Crippen LogP) is 3.91. The second-order valence-electron chi connectivity index (χ2n) is 5.74. The molecule has 0 aliphatic heterocycles. The van der Waals surface area contributed by atoms with Gasteiger partial charge in [0.25, 0.3) is 0 Å². The summed E-state index contributed by atoms with van der Waals surface area (Å²) in [6, 6.07) is 17.9. The fraction of sp³-hybridized carbons (Fsp3) is 0.316. The van der Waals surface area contributed by atoms with Crippen LogP contribution in [0.1, 0.15) is 36.9 Å². The zero-order valence-corrected chi connectivity index (χ0v) is 14.3. The normalized spacial score (nSPS) is 13.3. The van der Waals surface area contributed by atoms with Crippen molar-refractivity contribution in [3.8, 4) is 0 Å². The van der Waals surface area contributed by atoms with Crippen LogP contribution in [0.2, 0.25) is 5.02 Å². The Bertz CT molecular complexity index is 630. The molecular formula is C19H23ClN2O. The summed E-state index contributed by atoms with van der Waals surface area (Å²) in [5.74, 6) is 0.285. The van der Waals surface area contributed by atoms with Crippen LogP contribution in [-0.4, -0.2) is 19.0 Å². The first kappa shape index (κ1) is 17.5. The molecule has 3 nitrogen and oxygen atoms in total. The summed E-state index contributed by atoms with van der Waals surface area (Å²) >= 11 is 6.16. The lowest BCUT2D eigenvalue weighted by atomic mass is 10.0. The first-order chi connectivity index (χ1) is 11.1. The van der Waals surface area contributed by atoms with Crippen molar-refractivity contribution >= 4 is 17.5 Å². The Morgan fingerprint density at radius 1 is 1.04 bits per heavy atom. The van der Waals surface area contributed by atoms with E-state index in [9.17, 15) is 4.79 Å². The zero-order chi connectivity index (χ0) is 16.7. The van der Waals surface area contributed by atoms with Gasteiger partial charge in [-0.05, 0) is 30.0 Å². The molecule has 2 aromatic rings. The predicted molar refractivity (Wildman–Crippen MR) is 95.7 cm³/mol. The Morgan fingerprint density at radius 3 is 2.39 bits per heavy atom. The molecule has 1 amide bonds. The fourth-order valence-electron chi connectivity index (χ4n) is 2.41. The Hall–Kier alpha value is -1.84. The van der Waals surface area contributed by atoms with Gasteiger partial charge in [-0.3, -0.25) is 4.79 Å². The van der Waals surface area contributed by atoms with Crippen molar-refractivity contribution in [2.45, 2.75) is 25.8 Å². The largest absolute Gasteiger partial charge is 0.354 e. The topological polar surface area (TPSA) is 41.1 Å². The molecule has 4 heteroatoms. The van der Waals surface area contributed by atoms with Crippen LogP contribution in [0.3, 0.4) is 0 Å². The van der Waals surface area contributed by atoms with Crippen LogP contribution in [0.4, 0.5) is 0 Å². The van der Waals surface area contributed by atoms with Crippen LogP contribution in [0.25, 0.3) is 0 Å². The third-order valence-electron chi connectivity index (χ3n) is 3.91. The molecule has 0 aliphatic carbocycles. The number of carbonyl (C=O) groups is 1. The second kappa shape index (κ2) is 8.70. The smallest absolute Gasteiger partial charge is 0.233 e. The second-order valence-corrected chi connectivity index (χ2v) is 6.15. The highest BCUT2D eigenvalue weighted by Gasteiger charge is 2.11. The summed E-state index contributed by atoms with van der Waals surface area (Å²) in [4.78, 5) is 12.0. The molecule has 23 heavy (non-hydrogen) atoms. The van der Waals surface area contributed by atoms with E-state index in [1.165, 1.54) is 5.56 Å². The number of carbonyl (C=O) groups excluding carboxylic acids is 1. The number of nitrogens with one attached hydrogen (secondary N) is 2. The van der Waals surface area contributed by atoms with Crippen molar-refractivity contribution < 1.29 is 4.79 Å². The quantitative estimate of drug-likeness (QED) is 0.808. The maximum absolute atomic E-state index is 12.0. The first-order valence-corrected chi connectivity index (χ1v) is 8.25. The fourth-order valence-corrected chi connectivity index (χ4v) is 2.71. The van der Waals surface area contributed by atoms with E-state index < -0.39 is 0 Å². The summed E-state index contributed by atoms with van der Waals surface area (Å²) in [6.07, 6.45) is 0. The third kappa shape index (κ3) is 5.38. The van der Waals surface area contributed by atoms with Gasteiger partial charge in [0, 0.05) is 17.6 Å². The molecule has 0 bridgehead atoms. The summed E-state index contributed by atoms with van der Waals surface area (Å²) in [6.45, 7) is 5.01. The van der Waals surface area contributed by atoms with Crippen LogP contribution in [-0.2, 0) is 4.79 Å². The highest BCUT2D eigenvalue weighted by atomic mass is 35.5. The van der Waals surface area contributed by atoms with Gasteiger partial charge >= 0.3 is 0 Å². The molecule has 2 atom stereocenters. The lowest BCUT2D eigenvalue weighted by Gasteiger charge is -2.17. The number of hydrogen-bond acceptors (Lipinski definition) is 2. The van der Waals surface area contributed by atoms with Gasteiger partial charge in [-0.1, -0.05) is 67.1 Å². The summed E-state index contributed by atoms with van der Waals surface area (Å²) in [5, 5.41) is 6.89. The molecule has 0 saturated carbocycles. The van der Waals surface area contributed by atoms with Crippen LogP contribution in [0, 0.1) is 0 Å². The Morgan fingerprint density at radius 2 is 1.70 bits per heavy atom. The van der Waals surface area contributed by atoms with E-state index in [0.29, 0.717) is 17.5 Å². The van der Waals surface area contributed by atoms with E-state index in [4.69, 9.17) is 11.6 Å². The number of benzene rings is 2. The van der Waals surface area contributed by atoms with E-state index in [0.717, 1.165) is 5.56 Å². The van der Waals surface area contributed by atoms with Gasteiger partial charge < -0.3 is 10.6 Å². The van der Waals surface area contributed by atoms with Gasteiger partial charge in [0.2, 0.25) is 5.91 Å². The molecule has 2 unspecified atom stereocenters. The zero-order valence-electron chi connectivity index (χ0n) is 13.6. The van der Waals surface area contributed by atoms with Gasteiger partial charge in [0.1, 0.15) is 0 Å². The first-order valence-electron chi connectivity index (χ1n) is 7.87. The molecule has 122 valence electrons. The van der Waals surface area contributed by atoms with Crippen LogP contribution < -0.4 is 10.6 Å². The van der Waals surface area contributed by atoms with Gasteiger partial charge in [0.05, 0.1) is 6.54 Å². The van der Waals surface area contributed by atoms with Crippen molar-refractivity contribution in [1.29, 1.82) is 0 Å². The minimum absolute atomic E-state index is 0.00770. The molecule has 0 aliphatic rings. The van der Waals surface area contributed by atoms with Crippen LogP contribution in [0.5, 0.6) is 0 Å². The van der Waals surface area contributed by atoms with E-state index in [2.05, 4.69) is 29.7 Å². The average molecular weight is 331 g/mol. The Balaban J connectivity index is 1.76. The Kier molecular flexibility index (Phi) is 6.63. The molecule has 2 N–H and O–H groups in total. The van der Waals surface area contributed by atoms with Crippen LogP contribution in [0.15, 0.2) is 54.6 Å². The minimum Gasteiger partial charge on any atom is -0.354 e. The molecule has 0 aromatic heterocycles. The summed E-state index contributed by atoms with van der Waals surface area (Å²) < 4.78 is 0. The highest BCUT2D eigenvalue weighted by Crippen LogP contribution is 2.21. The molecule has 2 rings (SSSR count). The molecule has 2 aromatic carbocycles. The van der Waals surface area contributed by atoms with Gasteiger partial charge in [-0.25, -0.2) is 0 Å². The third-order valence-corrected chi connectivity index (χ3v) is 4.26. The minimum atomic E-state index is -0.00770. The van der Waals surface area contributed by atoms with Crippen molar-refractivity contribution in [1.82, 2.24) is 10.6 Å². The lowest BCUT2D eigenvalue weighted by molar-refractivity contribution is -0.120. The standard InChI is InChI=1S/C19H23ClN2O/c1-14(16-8-4-3-5-9-16)12-22-19(23)13-21-15(2)17-10-6-7-11-18(17)20/h3-11,14-15,21H,12-13H2,1-2H3,(H,22,23). The van der Waals surface area contributed by atoms with E-state index in [-0.39, 0.29) is 18.5 Å². The molecule has 0 fully saturated rings. The Labute approximate surface area is 143 Å². The van der Waals surface area contributed by atoms with Crippen molar-refractivity contribution in [3.63, 3.8) is 0 Å².